The van der Waals surface area contributed by atoms with E-state index in [1.165, 1.54) is 0 Å². The Morgan fingerprint density at radius 2 is 1.50 bits per heavy atom. The first-order valence-corrected chi connectivity index (χ1v) is 9.10. The Kier molecular flexibility index (Phi) is 4.42. The summed E-state index contributed by atoms with van der Waals surface area (Å²) in [6, 6.07) is 7.81. The van der Waals surface area contributed by atoms with Gasteiger partial charge in [0, 0.05) is 12.2 Å². The zero-order valence-electron chi connectivity index (χ0n) is 15.5. The number of aliphatic hydroxyl groups is 1. The zero-order valence-corrected chi connectivity index (χ0v) is 15.5. The molecule has 1 heterocycles. The van der Waals surface area contributed by atoms with Crippen LogP contribution in [0.3, 0.4) is 0 Å². The number of hydrogen-bond donors (Lipinski definition) is 1. The van der Waals surface area contributed by atoms with E-state index in [-0.39, 0.29) is 24.2 Å². The van der Waals surface area contributed by atoms with E-state index in [4.69, 9.17) is 0 Å². The summed E-state index contributed by atoms with van der Waals surface area (Å²) in [5.74, 6) is -0.106. The van der Waals surface area contributed by atoms with E-state index in [1.807, 2.05) is 24.3 Å². The van der Waals surface area contributed by atoms with Gasteiger partial charge in [0.15, 0.2) is 5.60 Å². The van der Waals surface area contributed by atoms with Crippen LogP contribution in [0, 0.1) is 5.41 Å². The van der Waals surface area contributed by atoms with E-state index in [0.717, 1.165) is 11.3 Å². The maximum Gasteiger partial charge on any atom is 0.417 e. The van der Waals surface area contributed by atoms with Crippen molar-refractivity contribution >= 4 is 11.6 Å². The minimum Gasteiger partial charge on any atom is -0.380 e. The first-order valence-electron chi connectivity index (χ1n) is 9.10. The van der Waals surface area contributed by atoms with Crippen LogP contribution in [0.15, 0.2) is 24.3 Å². The van der Waals surface area contributed by atoms with E-state index < -0.39 is 30.0 Å². The molecule has 1 saturated heterocycles. The standard InChI is InChI=1S/C20H26F3NO2/c1-17(2,3)14-4-6-15(7-5-14)24-13-12-18(16(24)25)8-10-19(26,11-9-18)20(21,22)23/h4-7,26H,8-13H2,1-3H3/t18-,19+. The average Bonchev–Trinajstić information content (AvgIpc) is 2.86. The zero-order chi connectivity index (χ0) is 19.4. The van der Waals surface area contributed by atoms with Crippen molar-refractivity contribution in [3.63, 3.8) is 0 Å². The molecule has 26 heavy (non-hydrogen) atoms. The van der Waals surface area contributed by atoms with Crippen molar-refractivity contribution in [1.29, 1.82) is 0 Å². The van der Waals surface area contributed by atoms with Gasteiger partial charge in [-0.3, -0.25) is 4.79 Å². The second-order valence-corrected chi connectivity index (χ2v) is 8.81. The second-order valence-electron chi connectivity index (χ2n) is 8.81. The second kappa shape index (κ2) is 5.98. The van der Waals surface area contributed by atoms with Crippen LogP contribution in [0.2, 0.25) is 0 Å². The van der Waals surface area contributed by atoms with Gasteiger partial charge in [-0.1, -0.05) is 32.9 Å². The highest BCUT2D eigenvalue weighted by molar-refractivity contribution is 6.00. The van der Waals surface area contributed by atoms with Crippen molar-refractivity contribution < 1.29 is 23.1 Å². The van der Waals surface area contributed by atoms with Crippen molar-refractivity contribution in [2.45, 2.75) is 70.1 Å². The highest BCUT2D eigenvalue weighted by Gasteiger charge is 2.60. The van der Waals surface area contributed by atoms with Gasteiger partial charge in [-0.2, -0.15) is 13.2 Å². The quantitative estimate of drug-likeness (QED) is 0.787. The predicted molar refractivity (Wildman–Crippen MR) is 94.0 cm³/mol. The van der Waals surface area contributed by atoms with E-state index in [0.29, 0.717) is 13.0 Å². The number of alkyl halides is 3. The lowest BCUT2D eigenvalue weighted by atomic mass is 9.67. The lowest BCUT2D eigenvalue weighted by Gasteiger charge is -2.41. The molecule has 2 aliphatic rings. The minimum absolute atomic E-state index is 0.0141. The van der Waals surface area contributed by atoms with Crippen LogP contribution >= 0.6 is 0 Å². The summed E-state index contributed by atoms with van der Waals surface area (Å²) in [6.45, 7) is 6.85. The number of amides is 1. The Balaban J connectivity index is 1.75. The molecular weight excluding hydrogens is 343 g/mol. The largest absolute Gasteiger partial charge is 0.417 e. The van der Waals surface area contributed by atoms with E-state index in [9.17, 15) is 23.1 Å². The molecule has 3 nitrogen and oxygen atoms in total. The van der Waals surface area contributed by atoms with Crippen LogP contribution in [0.4, 0.5) is 18.9 Å². The lowest BCUT2D eigenvalue weighted by Crippen LogP contribution is -2.51. The van der Waals surface area contributed by atoms with E-state index in [2.05, 4.69) is 20.8 Å². The molecule has 1 spiro atoms. The van der Waals surface area contributed by atoms with Crippen LogP contribution in [-0.4, -0.2) is 29.3 Å². The molecule has 6 heteroatoms. The van der Waals surface area contributed by atoms with Gasteiger partial charge in [0.2, 0.25) is 5.91 Å². The summed E-state index contributed by atoms with van der Waals surface area (Å²) in [5, 5.41) is 9.88. The van der Waals surface area contributed by atoms with Crippen molar-refractivity contribution in [1.82, 2.24) is 0 Å². The monoisotopic (exact) mass is 369 g/mol. The summed E-state index contributed by atoms with van der Waals surface area (Å²) in [5.41, 5.74) is -1.45. The lowest BCUT2D eigenvalue weighted by molar-refractivity contribution is -0.274. The maximum absolute atomic E-state index is 13.0. The Hall–Kier alpha value is -1.56. The third-order valence-electron chi connectivity index (χ3n) is 6.12. The Morgan fingerprint density at radius 3 is 1.96 bits per heavy atom. The molecule has 1 aromatic carbocycles. The van der Waals surface area contributed by atoms with Crippen LogP contribution in [0.1, 0.15) is 58.4 Å². The molecule has 2 fully saturated rings. The summed E-state index contributed by atoms with van der Waals surface area (Å²) in [7, 11) is 0. The van der Waals surface area contributed by atoms with Crippen LogP contribution in [0.5, 0.6) is 0 Å². The molecule has 144 valence electrons. The normalized spacial score (nSPS) is 30.3. The van der Waals surface area contributed by atoms with Gasteiger partial charge in [-0.25, -0.2) is 0 Å². The summed E-state index contributed by atoms with van der Waals surface area (Å²) in [4.78, 5) is 14.7. The fourth-order valence-corrected chi connectivity index (χ4v) is 4.10. The molecule has 3 rings (SSSR count). The molecular formula is C20H26F3NO2. The fourth-order valence-electron chi connectivity index (χ4n) is 4.10. The van der Waals surface area contributed by atoms with Gasteiger partial charge >= 0.3 is 6.18 Å². The van der Waals surface area contributed by atoms with Crippen LogP contribution in [0.25, 0.3) is 0 Å². The molecule has 0 atom stereocenters. The van der Waals surface area contributed by atoms with Gasteiger partial charge in [-0.05, 0) is 55.2 Å². The molecule has 1 aliphatic heterocycles. The maximum atomic E-state index is 13.0. The SMILES string of the molecule is CC(C)(C)c1ccc(N2CC[C@]3(CC[C@@](O)(C(F)(F)F)CC3)C2=O)cc1. The van der Waals surface area contributed by atoms with Crippen molar-refractivity contribution in [3.8, 4) is 0 Å². The summed E-state index contributed by atoms with van der Waals surface area (Å²) in [6.07, 6.45) is -4.74. The summed E-state index contributed by atoms with van der Waals surface area (Å²) < 4.78 is 39.1. The first kappa shape index (κ1) is 19.2. The van der Waals surface area contributed by atoms with Crippen LogP contribution < -0.4 is 4.90 Å². The van der Waals surface area contributed by atoms with Crippen LogP contribution in [-0.2, 0) is 10.2 Å². The topological polar surface area (TPSA) is 40.5 Å². The number of nitrogens with zero attached hydrogens (tertiary/aromatic N) is 1. The number of hydrogen-bond acceptors (Lipinski definition) is 2. The van der Waals surface area contributed by atoms with E-state index >= 15 is 0 Å². The minimum atomic E-state index is -4.64. The molecule has 1 aliphatic carbocycles. The van der Waals surface area contributed by atoms with Gasteiger partial charge < -0.3 is 10.0 Å². The van der Waals surface area contributed by atoms with Gasteiger partial charge in [-0.15, -0.1) is 0 Å². The average molecular weight is 369 g/mol. The van der Waals surface area contributed by atoms with Crippen molar-refractivity contribution in [2.75, 3.05) is 11.4 Å². The molecule has 1 N–H and O–H groups in total. The van der Waals surface area contributed by atoms with Gasteiger partial charge in [0.1, 0.15) is 0 Å². The Morgan fingerprint density at radius 1 is 0.962 bits per heavy atom. The molecule has 0 unspecified atom stereocenters. The third kappa shape index (κ3) is 3.13. The molecule has 0 radical (unpaired) electrons. The smallest absolute Gasteiger partial charge is 0.380 e. The number of benzene rings is 1. The number of halogens is 3. The Bertz CT molecular complexity index is 680. The molecule has 1 saturated carbocycles. The Labute approximate surface area is 152 Å². The van der Waals surface area contributed by atoms with Gasteiger partial charge in [0.05, 0.1) is 5.41 Å². The summed E-state index contributed by atoms with van der Waals surface area (Å²) >= 11 is 0. The van der Waals surface area contributed by atoms with E-state index in [1.54, 1.807) is 4.90 Å². The highest BCUT2D eigenvalue weighted by atomic mass is 19.4. The molecule has 1 amide bonds. The van der Waals surface area contributed by atoms with Crippen molar-refractivity contribution in [2.24, 2.45) is 5.41 Å². The third-order valence-corrected chi connectivity index (χ3v) is 6.12. The highest BCUT2D eigenvalue weighted by Crippen LogP contribution is 2.52. The fraction of sp³-hybridized carbons (Fsp3) is 0.650. The number of rotatable bonds is 1. The number of carbonyl (C=O) groups is 1. The molecule has 1 aromatic rings. The van der Waals surface area contributed by atoms with Gasteiger partial charge in [0.25, 0.3) is 0 Å². The number of carbonyl (C=O) groups excluding carboxylic acids is 1. The number of anilines is 1. The molecule has 0 bridgehead atoms. The molecule has 0 aromatic heterocycles. The first-order chi connectivity index (χ1) is 11.9. The van der Waals surface area contributed by atoms with Crippen molar-refractivity contribution in [3.05, 3.63) is 29.8 Å². The predicted octanol–water partition coefficient (Wildman–Crippen LogP) is 4.57.